The van der Waals surface area contributed by atoms with Crippen molar-refractivity contribution in [3.63, 3.8) is 0 Å². The standard InChI is InChI=1S/C35H37NO6S/c1-22-20-29(36-43(39,40)28-16-13-25(14-17-28)24-10-7-6-8-11-24)23(2)32(33(34(37)38)42-35(3,4)5)31(22)27-15-18-30-26(21-27)12-9-19-41-30/h6-8,10-11,13-18,20-21,33,36H,9,12,19H2,1-5H3,(H,37,38). The summed E-state index contributed by atoms with van der Waals surface area (Å²) in [6, 6.07) is 24.0. The molecule has 4 aromatic rings. The minimum atomic E-state index is -3.99. The molecule has 1 aliphatic rings. The molecule has 224 valence electrons. The Kier molecular flexibility index (Phi) is 8.36. The molecule has 7 nitrogen and oxygen atoms in total. The molecule has 0 aliphatic carbocycles. The number of hydrogen-bond donors (Lipinski definition) is 2. The van der Waals surface area contributed by atoms with E-state index in [1.165, 1.54) is 0 Å². The summed E-state index contributed by atoms with van der Waals surface area (Å²) in [4.78, 5) is 12.8. The monoisotopic (exact) mass is 599 g/mol. The maximum Gasteiger partial charge on any atom is 0.337 e. The van der Waals surface area contributed by atoms with Gasteiger partial charge in [-0.05, 0) is 117 Å². The van der Waals surface area contributed by atoms with Gasteiger partial charge < -0.3 is 14.6 Å². The van der Waals surface area contributed by atoms with Crippen LogP contribution in [0.5, 0.6) is 5.75 Å². The summed E-state index contributed by atoms with van der Waals surface area (Å²) in [7, 11) is -3.99. The van der Waals surface area contributed by atoms with Crippen molar-refractivity contribution in [1.29, 1.82) is 0 Å². The van der Waals surface area contributed by atoms with Crippen LogP contribution in [0.25, 0.3) is 22.3 Å². The lowest BCUT2D eigenvalue weighted by molar-refractivity contribution is -0.160. The second kappa shape index (κ2) is 11.9. The molecular formula is C35H37NO6S. The molecule has 4 aromatic carbocycles. The number of aryl methyl sites for hydroxylation is 2. The van der Waals surface area contributed by atoms with E-state index in [1.54, 1.807) is 58.0 Å². The number of hydrogen-bond acceptors (Lipinski definition) is 5. The summed E-state index contributed by atoms with van der Waals surface area (Å²) in [5, 5.41) is 10.4. The number of benzene rings is 4. The summed E-state index contributed by atoms with van der Waals surface area (Å²) >= 11 is 0. The first-order valence-electron chi connectivity index (χ1n) is 14.3. The molecule has 0 fully saturated rings. The number of fused-ring (bicyclic) bond motifs is 1. The van der Waals surface area contributed by atoms with Crippen LogP contribution in [0.1, 0.15) is 55.5 Å². The third kappa shape index (κ3) is 6.60. The predicted molar refractivity (Wildman–Crippen MR) is 169 cm³/mol. The van der Waals surface area contributed by atoms with Gasteiger partial charge in [0.05, 0.1) is 22.8 Å². The highest BCUT2D eigenvalue weighted by atomic mass is 32.2. The van der Waals surface area contributed by atoms with Crippen molar-refractivity contribution in [3.05, 3.63) is 101 Å². The van der Waals surface area contributed by atoms with E-state index in [2.05, 4.69) is 4.72 Å². The first-order chi connectivity index (χ1) is 20.3. The molecule has 2 N–H and O–H groups in total. The molecule has 8 heteroatoms. The van der Waals surface area contributed by atoms with E-state index in [-0.39, 0.29) is 4.90 Å². The van der Waals surface area contributed by atoms with E-state index >= 15 is 0 Å². The van der Waals surface area contributed by atoms with Crippen LogP contribution in [0, 0.1) is 13.8 Å². The van der Waals surface area contributed by atoms with E-state index in [9.17, 15) is 18.3 Å². The number of carbonyl (C=O) groups is 1. The Labute approximate surface area is 253 Å². The maximum atomic E-state index is 13.6. The molecule has 43 heavy (non-hydrogen) atoms. The van der Waals surface area contributed by atoms with Crippen molar-refractivity contribution in [2.45, 2.75) is 64.1 Å². The number of aliphatic carboxylic acids is 1. The minimum absolute atomic E-state index is 0.102. The van der Waals surface area contributed by atoms with Crippen LogP contribution in [-0.4, -0.2) is 31.7 Å². The van der Waals surface area contributed by atoms with Crippen molar-refractivity contribution in [3.8, 4) is 28.0 Å². The quantitative estimate of drug-likeness (QED) is 0.215. The Balaban J connectivity index is 1.61. The fraction of sp³-hybridized carbons (Fsp3) is 0.286. The summed E-state index contributed by atoms with van der Waals surface area (Å²) in [5.41, 5.74) is 5.61. The van der Waals surface area contributed by atoms with Gasteiger partial charge in [-0.2, -0.15) is 0 Å². The maximum absolute atomic E-state index is 13.6. The van der Waals surface area contributed by atoms with Gasteiger partial charge in [-0.25, -0.2) is 13.2 Å². The highest BCUT2D eigenvalue weighted by Crippen LogP contribution is 2.42. The third-order valence-corrected chi connectivity index (χ3v) is 8.89. The van der Waals surface area contributed by atoms with Crippen molar-refractivity contribution >= 4 is 21.7 Å². The number of ether oxygens (including phenoxy) is 2. The van der Waals surface area contributed by atoms with Gasteiger partial charge in [0, 0.05) is 5.56 Å². The van der Waals surface area contributed by atoms with E-state index in [0.29, 0.717) is 29.0 Å². The van der Waals surface area contributed by atoms with Gasteiger partial charge in [0.25, 0.3) is 10.0 Å². The summed E-state index contributed by atoms with van der Waals surface area (Å²) < 4.78 is 41.9. The van der Waals surface area contributed by atoms with Crippen LogP contribution in [0.15, 0.2) is 83.8 Å². The van der Waals surface area contributed by atoms with E-state index in [1.807, 2.05) is 55.5 Å². The van der Waals surface area contributed by atoms with Crippen LogP contribution in [0.3, 0.4) is 0 Å². The van der Waals surface area contributed by atoms with Crippen molar-refractivity contribution in [2.75, 3.05) is 11.3 Å². The highest BCUT2D eigenvalue weighted by molar-refractivity contribution is 7.92. The third-order valence-electron chi connectivity index (χ3n) is 7.50. The normalized spacial score (nSPS) is 14.0. The number of anilines is 1. The largest absolute Gasteiger partial charge is 0.493 e. The van der Waals surface area contributed by atoms with Gasteiger partial charge in [0.15, 0.2) is 6.10 Å². The molecule has 0 amide bonds. The Morgan fingerprint density at radius 3 is 2.23 bits per heavy atom. The molecule has 5 rings (SSSR count). The number of rotatable bonds is 8. The number of carboxylic acids is 1. The molecule has 0 radical (unpaired) electrons. The summed E-state index contributed by atoms with van der Waals surface area (Å²) in [5.74, 6) is -0.328. The molecule has 0 aromatic heterocycles. The minimum Gasteiger partial charge on any atom is -0.493 e. The van der Waals surface area contributed by atoms with Crippen LogP contribution in [0.4, 0.5) is 5.69 Å². The Bertz CT molecular complexity index is 1760. The molecule has 0 saturated heterocycles. The lowest BCUT2D eigenvalue weighted by Gasteiger charge is -2.30. The molecule has 1 heterocycles. The van der Waals surface area contributed by atoms with Gasteiger partial charge in [-0.3, -0.25) is 4.72 Å². The van der Waals surface area contributed by atoms with Crippen molar-refractivity contribution < 1.29 is 27.8 Å². The number of sulfonamides is 1. The molecule has 1 unspecified atom stereocenters. The second-order valence-electron chi connectivity index (χ2n) is 11.9. The average Bonchev–Trinajstić information content (AvgIpc) is 2.97. The first-order valence-corrected chi connectivity index (χ1v) is 15.8. The molecule has 0 spiro atoms. The first kappa shape index (κ1) is 30.3. The zero-order valence-corrected chi connectivity index (χ0v) is 25.9. The molecule has 0 saturated carbocycles. The van der Waals surface area contributed by atoms with Gasteiger partial charge in [0.1, 0.15) is 5.75 Å². The predicted octanol–water partition coefficient (Wildman–Crippen LogP) is 7.70. The zero-order chi connectivity index (χ0) is 30.9. The Morgan fingerprint density at radius 1 is 0.930 bits per heavy atom. The highest BCUT2D eigenvalue weighted by Gasteiger charge is 2.33. The molecule has 0 bridgehead atoms. The Morgan fingerprint density at radius 2 is 1.58 bits per heavy atom. The fourth-order valence-corrected chi connectivity index (χ4v) is 6.64. The summed E-state index contributed by atoms with van der Waals surface area (Å²) in [6.45, 7) is 9.65. The fourth-order valence-electron chi connectivity index (χ4n) is 5.52. The van der Waals surface area contributed by atoms with E-state index in [4.69, 9.17) is 9.47 Å². The topological polar surface area (TPSA) is 102 Å². The molecular weight excluding hydrogens is 562 g/mol. The van der Waals surface area contributed by atoms with Crippen LogP contribution in [0.2, 0.25) is 0 Å². The van der Waals surface area contributed by atoms with Crippen LogP contribution in [-0.2, 0) is 26.0 Å². The van der Waals surface area contributed by atoms with Gasteiger partial charge >= 0.3 is 5.97 Å². The Hall–Kier alpha value is -4.14. The van der Waals surface area contributed by atoms with E-state index < -0.39 is 27.7 Å². The van der Waals surface area contributed by atoms with Gasteiger partial charge in [0.2, 0.25) is 0 Å². The smallest absolute Gasteiger partial charge is 0.337 e. The average molecular weight is 600 g/mol. The van der Waals surface area contributed by atoms with Crippen LogP contribution >= 0.6 is 0 Å². The van der Waals surface area contributed by atoms with Crippen LogP contribution < -0.4 is 9.46 Å². The second-order valence-corrected chi connectivity index (χ2v) is 13.6. The van der Waals surface area contributed by atoms with Crippen molar-refractivity contribution in [2.24, 2.45) is 0 Å². The van der Waals surface area contributed by atoms with Gasteiger partial charge in [-0.15, -0.1) is 0 Å². The summed E-state index contributed by atoms with van der Waals surface area (Å²) in [6.07, 6.45) is 0.424. The number of nitrogens with one attached hydrogen (secondary N) is 1. The van der Waals surface area contributed by atoms with Crippen molar-refractivity contribution in [1.82, 2.24) is 0 Å². The number of carboxylic acid groups (broad SMARTS) is 1. The molecule has 1 aliphatic heterocycles. The lowest BCUT2D eigenvalue weighted by Crippen LogP contribution is -2.28. The lowest BCUT2D eigenvalue weighted by atomic mass is 9.86. The van der Waals surface area contributed by atoms with E-state index in [0.717, 1.165) is 46.4 Å². The molecule has 1 atom stereocenters. The van der Waals surface area contributed by atoms with Gasteiger partial charge in [-0.1, -0.05) is 48.5 Å². The SMILES string of the molecule is Cc1cc(NS(=O)(=O)c2ccc(-c3ccccc3)cc2)c(C)c(C(OC(C)(C)C)C(=O)O)c1-c1ccc2c(c1)CCCO2. The zero-order valence-electron chi connectivity index (χ0n) is 25.1.